The summed E-state index contributed by atoms with van der Waals surface area (Å²) in [5.41, 5.74) is 0. The number of carbonyl (C=O) groups is 2. The van der Waals surface area contributed by atoms with Gasteiger partial charge in [-0.3, -0.25) is 9.59 Å². The van der Waals surface area contributed by atoms with Gasteiger partial charge in [-0.1, -0.05) is 10.8 Å². The summed E-state index contributed by atoms with van der Waals surface area (Å²) in [6, 6.07) is 0. The number of carboxylic acid groups (broad SMARTS) is 2. The molecule has 0 aromatic rings. The Morgan fingerprint density at radius 2 is 1.67 bits per heavy atom. The summed E-state index contributed by atoms with van der Waals surface area (Å²) < 4.78 is 0. The maximum atomic E-state index is 9.92. The molecule has 0 amide bonds. The minimum atomic E-state index is -1.46. The molecule has 6 heteroatoms. The zero-order valence-electron chi connectivity index (χ0n) is 4.14. The fourth-order valence-corrected chi connectivity index (χ4v) is 0.917. The van der Waals surface area contributed by atoms with E-state index in [1.165, 1.54) is 0 Å². The van der Waals surface area contributed by atoms with Gasteiger partial charge in [0.15, 0.2) is 0 Å². The van der Waals surface area contributed by atoms with Crippen molar-refractivity contribution in [2.24, 2.45) is 0 Å². The Bertz CT molecular complexity index is 120. The van der Waals surface area contributed by atoms with Crippen LogP contribution in [0.25, 0.3) is 0 Å². The molecule has 0 aliphatic heterocycles. The van der Waals surface area contributed by atoms with Crippen molar-refractivity contribution in [3.8, 4) is 0 Å². The van der Waals surface area contributed by atoms with Crippen LogP contribution in [0.2, 0.25) is 0 Å². The van der Waals surface area contributed by atoms with E-state index in [2.05, 4.69) is 11.7 Å². The molecule has 0 aliphatic rings. The molecule has 0 bridgehead atoms. The van der Waals surface area contributed by atoms with Crippen molar-refractivity contribution in [3.05, 3.63) is 0 Å². The molecule has 0 heterocycles. The Morgan fingerprint density at radius 1 is 1.33 bits per heavy atom. The van der Waals surface area contributed by atoms with Crippen LogP contribution in [-0.2, 0) is 9.59 Å². The second-order valence-electron chi connectivity index (χ2n) is 1.16. The van der Waals surface area contributed by atoms with Crippen molar-refractivity contribution in [1.29, 1.82) is 0 Å². The number of rotatable bonds is 3. The number of carboxylic acids is 2. The van der Waals surface area contributed by atoms with Crippen LogP contribution in [0.4, 0.5) is 0 Å². The van der Waals surface area contributed by atoms with Crippen LogP contribution in [-0.4, -0.2) is 27.4 Å². The van der Waals surface area contributed by atoms with Crippen LogP contribution in [0.3, 0.4) is 0 Å². The van der Waals surface area contributed by atoms with Gasteiger partial charge in [0.1, 0.15) is 0 Å². The largest absolute Gasteiger partial charge is 0.480 e. The lowest BCUT2D eigenvalue weighted by atomic mass is 10.4. The molecule has 0 rings (SSSR count). The predicted octanol–water partition coefficient (Wildman–Crippen LogP) is 0.102. The van der Waals surface area contributed by atoms with Crippen molar-refractivity contribution in [2.45, 2.75) is 5.25 Å². The van der Waals surface area contributed by atoms with E-state index in [4.69, 9.17) is 10.2 Å². The fourth-order valence-electron chi connectivity index (χ4n) is 0.196. The summed E-state index contributed by atoms with van der Waals surface area (Å²) in [6.07, 6.45) is 0. The van der Waals surface area contributed by atoms with Crippen LogP contribution >= 0.6 is 22.5 Å². The summed E-state index contributed by atoms with van der Waals surface area (Å²) >= 11 is 3.45. The molecule has 0 saturated carbocycles. The van der Waals surface area contributed by atoms with Gasteiger partial charge >= 0.3 is 11.9 Å². The highest BCUT2D eigenvalue weighted by molar-refractivity contribution is 8.69. The Balaban J connectivity index is 3.99. The summed E-state index contributed by atoms with van der Waals surface area (Å²) in [7, 11) is 0.481. The SMILES string of the molecule is O=C(O)C(SS)C(=O)O. The Kier molecular flexibility index (Phi) is 3.48. The molecular formula is C3H4O4S2. The minimum absolute atomic E-state index is 0.481. The van der Waals surface area contributed by atoms with E-state index < -0.39 is 17.2 Å². The molecule has 0 atom stereocenters. The van der Waals surface area contributed by atoms with Crippen molar-refractivity contribution in [2.75, 3.05) is 0 Å². The van der Waals surface area contributed by atoms with Crippen LogP contribution in [0.1, 0.15) is 0 Å². The zero-order chi connectivity index (χ0) is 7.44. The Labute approximate surface area is 60.1 Å². The van der Waals surface area contributed by atoms with Gasteiger partial charge in [-0.05, 0) is 0 Å². The van der Waals surface area contributed by atoms with E-state index in [1.54, 1.807) is 0 Å². The maximum Gasteiger partial charge on any atom is 0.329 e. The second-order valence-corrected chi connectivity index (χ2v) is 2.48. The van der Waals surface area contributed by atoms with Crippen LogP contribution in [0.15, 0.2) is 0 Å². The highest BCUT2D eigenvalue weighted by Gasteiger charge is 2.24. The normalized spacial score (nSPS) is 9.56. The first-order valence-electron chi connectivity index (χ1n) is 1.85. The first-order valence-corrected chi connectivity index (χ1v) is 3.78. The van der Waals surface area contributed by atoms with Crippen LogP contribution < -0.4 is 0 Å². The molecule has 2 N–H and O–H groups in total. The number of hydrogen-bond donors (Lipinski definition) is 3. The van der Waals surface area contributed by atoms with Crippen molar-refractivity contribution >= 4 is 34.4 Å². The fraction of sp³-hybridized carbons (Fsp3) is 0.333. The molecule has 0 aromatic carbocycles. The molecule has 0 saturated heterocycles. The van der Waals surface area contributed by atoms with Gasteiger partial charge in [0, 0.05) is 0 Å². The third-order valence-electron chi connectivity index (χ3n) is 0.554. The molecule has 0 aliphatic carbocycles. The molecule has 0 unspecified atom stereocenters. The van der Waals surface area contributed by atoms with E-state index in [-0.39, 0.29) is 0 Å². The third-order valence-corrected chi connectivity index (χ3v) is 1.80. The van der Waals surface area contributed by atoms with E-state index in [9.17, 15) is 9.59 Å². The molecule has 4 nitrogen and oxygen atoms in total. The van der Waals surface area contributed by atoms with Crippen LogP contribution in [0, 0.1) is 0 Å². The average molecular weight is 168 g/mol. The molecule has 9 heavy (non-hydrogen) atoms. The third kappa shape index (κ3) is 2.62. The van der Waals surface area contributed by atoms with Gasteiger partial charge in [0.2, 0.25) is 5.25 Å². The highest BCUT2D eigenvalue weighted by Crippen LogP contribution is 2.14. The van der Waals surface area contributed by atoms with Gasteiger partial charge in [0.05, 0.1) is 0 Å². The minimum Gasteiger partial charge on any atom is -0.480 e. The molecule has 0 spiro atoms. The molecule has 0 radical (unpaired) electrons. The monoisotopic (exact) mass is 168 g/mol. The lowest BCUT2D eigenvalue weighted by Gasteiger charge is -1.98. The summed E-state index contributed by atoms with van der Waals surface area (Å²) in [5, 5.41) is 14.7. The average Bonchev–Trinajstić information content (AvgIpc) is 1.64. The first kappa shape index (κ1) is 8.64. The molecule has 52 valence electrons. The topological polar surface area (TPSA) is 74.6 Å². The van der Waals surface area contributed by atoms with Crippen molar-refractivity contribution in [1.82, 2.24) is 0 Å². The van der Waals surface area contributed by atoms with E-state index in [0.29, 0.717) is 10.8 Å². The van der Waals surface area contributed by atoms with Gasteiger partial charge in [0.25, 0.3) is 0 Å². The van der Waals surface area contributed by atoms with Crippen molar-refractivity contribution in [3.63, 3.8) is 0 Å². The van der Waals surface area contributed by atoms with Gasteiger partial charge in [-0.2, -0.15) is 0 Å². The van der Waals surface area contributed by atoms with E-state index in [0.717, 1.165) is 0 Å². The molecular weight excluding hydrogens is 164 g/mol. The smallest absolute Gasteiger partial charge is 0.329 e. The standard InChI is InChI=1S/C3H4O4S2/c4-2(5)1(9-8)3(6)7/h1,8H,(H,4,5)(H,6,7). The zero-order valence-corrected chi connectivity index (χ0v) is 5.85. The number of thiol groups is 1. The van der Waals surface area contributed by atoms with Crippen molar-refractivity contribution < 1.29 is 19.8 Å². The van der Waals surface area contributed by atoms with Gasteiger partial charge in [-0.15, -0.1) is 11.7 Å². The first-order chi connectivity index (χ1) is 4.09. The van der Waals surface area contributed by atoms with Crippen LogP contribution in [0.5, 0.6) is 0 Å². The molecule has 0 fully saturated rings. The quantitative estimate of drug-likeness (QED) is 0.316. The highest BCUT2D eigenvalue weighted by atomic mass is 33.1. The lowest BCUT2D eigenvalue weighted by molar-refractivity contribution is -0.146. The Hall–Kier alpha value is -0.360. The molecule has 0 aromatic heterocycles. The summed E-state index contributed by atoms with van der Waals surface area (Å²) in [6.45, 7) is 0. The summed E-state index contributed by atoms with van der Waals surface area (Å²) in [5.74, 6) is -2.77. The predicted molar refractivity (Wildman–Crippen MR) is 35.6 cm³/mol. The maximum absolute atomic E-state index is 9.92. The second kappa shape index (κ2) is 3.62. The van der Waals surface area contributed by atoms with Gasteiger partial charge in [-0.25, -0.2) is 0 Å². The van der Waals surface area contributed by atoms with E-state index >= 15 is 0 Å². The summed E-state index contributed by atoms with van der Waals surface area (Å²) in [4.78, 5) is 19.8. The number of aliphatic carboxylic acids is 2. The number of hydrogen-bond acceptors (Lipinski definition) is 4. The lowest BCUT2D eigenvalue weighted by Crippen LogP contribution is -2.24. The van der Waals surface area contributed by atoms with E-state index in [1.807, 2.05) is 0 Å². The Morgan fingerprint density at radius 3 is 1.67 bits per heavy atom. The van der Waals surface area contributed by atoms with Gasteiger partial charge < -0.3 is 10.2 Å².